The largest absolute Gasteiger partial charge is 0.369 e. The monoisotopic (exact) mass is 450 g/mol. The number of rotatable bonds is 6. The van der Waals surface area contributed by atoms with E-state index in [1.165, 1.54) is 18.2 Å². The first-order valence-corrected chi connectivity index (χ1v) is 10.7. The Morgan fingerprint density at radius 1 is 0.969 bits per heavy atom. The molecule has 1 fully saturated rings. The van der Waals surface area contributed by atoms with Crippen LogP contribution in [0.25, 0.3) is 0 Å². The zero-order valence-corrected chi connectivity index (χ0v) is 18.2. The second-order valence-electron chi connectivity index (χ2n) is 7.66. The van der Waals surface area contributed by atoms with Crippen molar-refractivity contribution in [2.45, 2.75) is 6.54 Å². The molecule has 3 aromatic rings. The third-order valence-electron chi connectivity index (χ3n) is 5.53. The number of nitro groups is 1. The normalized spacial score (nSPS) is 14.2. The summed E-state index contributed by atoms with van der Waals surface area (Å²) < 4.78 is 0. The van der Waals surface area contributed by atoms with Crippen LogP contribution in [0.15, 0.2) is 72.8 Å². The van der Waals surface area contributed by atoms with Crippen LogP contribution in [0.1, 0.15) is 15.9 Å². The van der Waals surface area contributed by atoms with Gasteiger partial charge in [-0.2, -0.15) is 0 Å². The van der Waals surface area contributed by atoms with E-state index in [9.17, 15) is 14.9 Å². The van der Waals surface area contributed by atoms with Gasteiger partial charge in [0.15, 0.2) is 0 Å². The Hall–Kier alpha value is -3.42. The topological polar surface area (TPSA) is 78.7 Å². The van der Waals surface area contributed by atoms with E-state index in [2.05, 4.69) is 21.2 Å². The van der Waals surface area contributed by atoms with E-state index in [4.69, 9.17) is 11.6 Å². The van der Waals surface area contributed by atoms with Crippen molar-refractivity contribution in [1.29, 1.82) is 0 Å². The molecule has 164 valence electrons. The first kappa shape index (κ1) is 21.8. The number of hydrogen-bond acceptors (Lipinski definition) is 5. The molecule has 1 heterocycles. The zero-order valence-electron chi connectivity index (χ0n) is 17.4. The first-order chi connectivity index (χ1) is 15.5. The van der Waals surface area contributed by atoms with Gasteiger partial charge in [0.05, 0.1) is 4.92 Å². The lowest BCUT2D eigenvalue weighted by Crippen LogP contribution is -2.46. The Balaban J connectivity index is 1.32. The highest BCUT2D eigenvalue weighted by Gasteiger charge is 2.18. The molecule has 0 radical (unpaired) electrons. The standard InChI is InChI=1S/C24H23ClN4O3/c25-23-7-2-1-4-19(23)17-27-12-14-28(15-13-27)21-10-8-20(9-11-21)26-24(30)18-5-3-6-22(16-18)29(31)32/h1-11,16H,12-15,17H2,(H,26,30). The molecule has 0 bridgehead atoms. The highest BCUT2D eigenvalue weighted by atomic mass is 35.5. The van der Waals surface area contributed by atoms with Crippen LogP contribution >= 0.6 is 11.6 Å². The van der Waals surface area contributed by atoms with Crippen molar-refractivity contribution in [3.63, 3.8) is 0 Å². The molecule has 32 heavy (non-hydrogen) atoms. The summed E-state index contributed by atoms with van der Waals surface area (Å²) in [4.78, 5) is 27.5. The molecular formula is C24H23ClN4O3. The minimum Gasteiger partial charge on any atom is -0.369 e. The molecule has 1 aliphatic heterocycles. The molecule has 0 spiro atoms. The molecule has 1 amide bonds. The van der Waals surface area contributed by atoms with Gasteiger partial charge in [0.25, 0.3) is 11.6 Å². The lowest BCUT2D eigenvalue weighted by Gasteiger charge is -2.36. The smallest absolute Gasteiger partial charge is 0.270 e. The van der Waals surface area contributed by atoms with Crippen molar-refractivity contribution < 1.29 is 9.72 Å². The van der Waals surface area contributed by atoms with E-state index in [1.807, 2.05) is 42.5 Å². The Labute approximate surface area is 191 Å². The van der Waals surface area contributed by atoms with Crippen molar-refractivity contribution in [1.82, 2.24) is 4.90 Å². The van der Waals surface area contributed by atoms with Crippen LogP contribution in [-0.2, 0) is 6.54 Å². The molecule has 0 atom stereocenters. The van der Waals surface area contributed by atoms with Crippen LogP contribution in [0.2, 0.25) is 5.02 Å². The maximum Gasteiger partial charge on any atom is 0.270 e. The van der Waals surface area contributed by atoms with Crippen molar-refractivity contribution in [2.24, 2.45) is 0 Å². The lowest BCUT2D eigenvalue weighted by molar-refractivity contribution is -0.384. The van der Waals surface area contributed by atoms with Crippen molar-refractivity contribution in [3.8, 4) is 0 Å². The van der Waals surface area contributed by atoms with Gasteiger partial charge < -0.3 is 10.2 Å². The number of halogens is 1. The maximum absolute atomic E-state index is 12.4. The Morgan fingerprint density at radius 3 is 2.38 bits per heavy atom. The van der Waals surface area contributed by atoms with Gasteiger partial charge in [-0.3, -0.25) is 19.8 Å². The highest BCUT2D eigenvalue weighted by molar-refractivity contribution is 6.31. The number of hydrogen-bond donors (Lipinski definition) is 1. The van der Waals surface area contributed by atoms with Crippen LogP contribution < -0.4 is 10.2 Å². The van der Waals surface area contributed by atoms with Crippen LogP contribution in [-0.4, -0.2) is 41.9 Å². The third-order valence-corrected chi connectivity index (χ3v) is 5.90. The molecule has 0 saturated carbocycles. The van der Waals surface area contributed by atoms with Crippen LogP contribution in [0, 0.1) is 10.1 Å². The van der Waals surface area contributed by atoms with E-state index in [-0.39, 0.29) is 17.2 Å². The second kappa shape index (κ2) is 9.80. The van der Waals surface area contributed by atoms with Crippen LogP contribution in [0.4, 0.5) is 17.1 Å². The number of amides is 1. The van der Waals surface area contributed by atoms with Gasteiger partial charge in [-0.15, -0.1) is 0 Å². The quantitative estimate of drug-likeness (QED) is 0.430. The van der Waals surface area contributed by atoms with Crippen molar-refractivity contribution >= 4 is 34.6 Å². The molecule has 4 rings (SSSR count). The predicted octanol–water partition coefficient (Wildman–Crippen LogP) is 4.82. The van der Waals surface area contributed by atoms with Gasteiger partial charge in [-0.25, -0.2) is 0 Å². The number of non-ortho nitro benzene ring substituents is 1. The summed E-state index contributed by atoms with van der Waals surface area (Å²) in [6.07, 6.45) is 0. The molecule has 1 aliphatic rings. The molecule has 1 saturated heterocycles. The van der Waals surface area contributed by atoms with Gasteiger partial charge in [0, 0.05) is 66.8 Å². The van der Waals surface area contributed by atoms with Crippen LogP contribution in [0.5, 0.6) is 0 Å². The number of carbonyl (C=O) groups is 1. The molecular weight excluding hydrogens is 428 g/mol. The van der Waals surface area contributed by atoms with Gasteiger partial charge in [0.1, 0.15) is 0 Å². The highest BCUT2D eigenvalue weighted by Crippen LogP contribution is 2.22. The van der Waals surface area contributed by atoms with E-state index in [1.54, 1.807) is 6.07 Å². The molecule has 1 N–H and O–H groups in total. The minimum absolute atomic E-state index is 0.110. The summed E-state index contributed by atoms with van der Waals surface area (Å²) in [5.41, 5.74) is 3.02. The van der Waals surface area contributed by atoms with Gasteiger partial charge in [0.2, 0.25) is 0 Å². The summed E-state index contributed by atoms with van der Waals surface area (Å²) in [5, 5.41) is 14.5. The number of anilines is 2. The zero-order chi connectivity index (χ0) is 22.5. The molecule has 3 aromatic carbocycles. The van der Waals surface area contributed by atoms with E-state index in [0.717, 1.165) is 49.0 Å². The van der Waals surface area contributed by atoms with Gasteiger partial charge in [-0.1, -0.05) is 35.9 Å². The fourth-order valence-electron chi connectivity index (χ4n) is 3.75. The minimum atomic E-state index is -0.514. The van der Waals surface area contributed by atoms with E-state index >= 15 is 0 Å². The van der Waals surface area contributed by atoms with E-state index < -0.39 is 4.92 Å². The van der Waals surface area contributed by atoms with Crippen molar-refractivity contribution in [3.05, 3.63) is 99.1 Å². The molecule has 8 heteroatoms. The summed E-state index contributed by atoms with van der Waals surface area (Å²) in [6, 6.07) is 21.3. The van der Waals surface area contributed by atoms with Gasteiger partial charge in [-0.05, 0) is 42.0 Å². The SMILES string of the molecule is O=C(Nc1ccc(N2CCN(Cc3ccccc3Cl)CC2)cc1)c1cccc([N+](=O)[O-])c1. The molecule has 0 aromatic heterocycles. The molecule has 7 nitrogen and oxygen atoms in total. The Bertz CT molecular complexity index is 1110. The number of benzene rings is 3. The Morgan fingerprint density at radius 2 is 1.69 bits per heavy atom. The number of piperazine rings is 1. The Kier molecular flexibility index (Phi) is 6.68. The summed E-state index contributed by atoms with van der Waals surface area (Å²) >= 11 is 6.28. The van der Waals surface area contributed by atoms with E-state index in [0.29, 0.717) is 5.69 Å². The summed E-state index contributed by atoms with van der Waals surface area (Å²) in [7, 11) is 0. The average molecular weight is 451 g/mol. The maximum atomic E-state index is 12.4. The fourth-order valence-corrected chi connectivity index (χ4v) is 3.95. The van der Waals surface area contributed by atoms with Gasteiger partial charge >= 0.3 is 0 Å². The van der Waals surface area contributed by atoms with Crippen LogP contribution in [0.3, 0.4) is 0 Å². The number of carbonyl (C=O) groups excluding carboxylic acids is 1. The number of nitrogens with zero attached hydrogens (tertiary/aromatic N) is 3. The molecule has 0 unspecified atom stereocenters. The first-order valence-electron chi connectivity index (χ1n) is 10.4. The molecule has 0 aliphatic carbocycles. The summed E-state index contributed by atoms with van der Waals surface area (Å²) in [5.74, 6) is -0.380. The second-order valence-corrected chi connectivity index (χ2v) is 8.07. The van der Waals surface area contributed by atoms with Crippen molar-refractivity contribution in [2.75, 3.05) is 36.4 Å². The third kappa shape index (κ3) is 5.25. The lowest BCUT2D eigenvalue weighted by atomic mass is 10.1. The fraction of sp³-hybridized carbons (Fsp3) is 0.208. The average Bonchev–Trinajstić information content (AvgIpc) is 2.82. The number of nitro benzene ring substituents is 1. The number of nitrogens with one attached hydrogen (secondary N) is 1. The predicted molar refractivity (Wildman–Crippen MR) is 126 cm³/mol. The summed E-state index contributed by atoms with van der Waals surface area (Å²) in [6.45, 7) is 4.54.